The van der Waals surface area contributed by atoms with Crippen LogP contribution in [0.5, 0.6) is 0 Å². The Balaban J connectivity index is 0.00000349. The molecule has 1 heterocycles. The Hall–Kier alpha value is -2.43. The number of unbranched alkanes of at least 4 members (excludes halogenated alkanes) is 23. The van der Waals surface area contributed by atoms with E-state index in [4.69, 9.17) is 0 Å². The molecule has 0 spiro atoms. The summed E-state index contributed by atoms with van der Waals surface area (Å²) in [6.07, 6.45) is 40.8. The summed E-state index contributed by atoms with van der Waals surface area (Å²) in [6.45, 7) is 6.85. The summed E-state index contributed by atoms with van der Waals surface area (Å²) in [5.74, 6) is 11.1. The van der Waals surface area contributed by atoms with Gasteiger partial charge in [-0.05, 0) is 74.3 Å². The van der Waals surface area contributed by atoms with Crippen LogP contribution in [0.25, 0.3) is 16.9 Å². The van der Waals surface area contributed by atoms with Crippen LogP contribution < -0.4 is 0 Å². The van der Waals surface area contributed by atoms with E-state index in [1.54, 1.807) is 14.4 Å². The van der Waals surface area contributed by atoms with Crippen LogP contribution in [0.1, 0.15) is 223 Å². The molecule has 0 amide bonds. The van der Waals surface area contributed by atoms with Gasteiger partial charge in [-0.15, -0.1) is 11.8 Å². The quantitative estimate of drug-likeness (QED) is 0.0314. The van der Waals surface area contributed by atoms with Gasteiger partial charge in [0.1, 0.15) is 0 Å². The second kappa shape index (κ2) is 34.6. The fraction of sp³-hybridized carbons (Fsp3) is 0.660. The van der Waals surface area contributed by atoms with Gasteiger partial charge in [0.25, 0.3) is 0 Å². The van der Waals surface area contributed by atoms with E-state index >= 15 is 0 Å². The summed E-state index contributed by atoms with van der Waals surface area (Å²) in [6, 6.07) is 17.7. The van der Waals surface area contributed by atoms with Gasteiger partial charge in [-0.2, -0.15) is 0 Å². The van der Waals surface area contributed by atoms with E-state index in [9.17, 15) is 5.53 Å². The molecule has 0 aromatic heterocycles. The first-order valence-electron chi connectivity index (χ1n) is 23.4. The van der Waals surface area contributed by atoms with Crippen molar-refractivity contribution in [3.63, 3.8) is 0 Å². The zero-order valence-electron chi connectivity index (χ0n) is 37.1. The molecule has 0 N–H and O–H groups in total. The van der Waals surface area contributed by atoms with Gasteiger partial charge in [0, 0.05) is 35.6 Å². The molecule has 0 aliphatic carbocycles. The van der Waals surface area contributed by atoms with Crippen molar-refractivity contribution in [1.82, 2.24) is 0 Å². The maximum atomic E-state index is 11.8. The van der Waals surface area contributed by atoms with E-state index in [1.807, 2.05) is 0 Å². The third kappa shape index (κ3) is 21.9. The van der Waals surface area contributed by atoms with E-state index in [-0.39, 0.29) is 0 Å². The van der Waals surface area contributed by atoms with Crippen molar-refractivity contribution in [3.05, 3.63) is 88.0 Å². The van der Waals surface area contributed by atoms with Crippen LogP contribution in [-0.2, 0) is 27.3 Å². The van der Waals surface area contributed by atoms with Gasteiger partial charge < -0.3 is 5.53 Å². The molecule has 0 saturated carbocycles. The van der Waals surface area contributed by atoms with Gasteiger partial charge >= 0.3 is 26.2 Å². The molecular formula is C53H84N2Ni. The number of benzene rings is 2. The van der Waals surface area contributed by atoms with Gasteiger partial charge in [0.15, 0.2) is 0 Å². The average molecular weight is 808 g/mol. The molecule has 2 nitrogen and oxygen atoms in total. The standard InChI is InChI=1S/C51H78N2.2CH3.Ni/c1-4-7-10-13-15-16-17-18-19-20-21-22-23-24-25-26-27-29-31-36-46-37-33-34-39-49(46)50-44-48(38-32-28-14-11-8-5-2)51(53(50)52)47-42-40-45(41-43-47)35-30-12-9-6-3;;;/h33-34,37,39-44H,4-25,28-32,35-36,38H2,1-3H3;2*1H3;. The van der Waals surface area contributed by atoms with Crippen molar-refractivity contribution >= 4 is 11.4 Å². The van der Waals surface area contributed by atoms with Crippen LogP contribution in [0.15, 0.2) is 60.2 Å². The summed E-state index contributed by atoms with van der Waals surface area (Å²) in [4.78, 5) is 0. The molecule has 0 bridgehead atoms. The van der Waals surface area contributed by atoms with Crippen molar-refractivity contribution in [2.24, 2.45) is 0 Å². The van der Waals surface area contributed by atoms with E-state index in [0.717, 1.165) is 67.5 Å². The number of hydrogen-bond donors (Lipinski definition) is 0. The van der Waals surface area contributed by atoms with Crippen molar-refractivity contribution in [2.75, 3.05) is 0 Å². The van der Waals surface area contributed by atoms with Crippen molar-refractivity contribution in [1.29, 1.82) is 0 Å². The zero-order valence-corrected chi connectivity index (χ0v) is 38.1. The van der Waals surface area contributed by atoms with Gasteiger partial charge in [0.05, 0.1) is 0 Å². The first kappa shape index (κ1) is 49.7. The Labute approximate surface area is 353 Å². The summed E-state index contributed by atoms with van der Waals surface area (Å²) >= 11 is 1.62. The van der Waals surface area contributed by atoms with E-state index in [1.165, 1.54) is 169 Å². The monoisotopic (exact) mass is 807 g/mol. The molecule has 0 radical (unpaired) electrons. The molecule has 0 saturated heterocycles. The Bertz CT molecular complexity index is 1410. The van der Waals surface area contributed by atoms with Crippen LogP contribution >= 0.6 is 0 Å². The Kier molecular flexibility index (Phi) is 30.7. The first-order chi connectivity index (χ1) is 27.6. The number of aryl methyl sites for hydroxylation is 2. The molecule has 316 valence electrons. The molecule has 1 aliphatic rings. The Morgan fingerprint density at radius 3 is 1.50 bits per heavy atom. The van der Waals surface area contributed by atoms with Crippen LogP contribution in [0.4, 0.5) is 0 Å². The summed E-state index contributed by atoms with van der Waals surface area (Å²) < 4.78 is 1.50. The number of nitrogens with zero attached hydrogens (tertiary/aromatic N) is 2. The molecular weight excluding hydrogens is 723 g/mol. The molecule has 3 rings (SSSR count). The fourth-order valence-electron chi connectivity index (χ4n) is 7.86. The molecule has 56 heavy (non-hydrogen) atoms. The first-order valence-corrected chi connectivity index (χ1v) is 25.4. The zero-order chi connectivity index (χ0) is 40.3. The molecule has 0 atom stereocenters. The number of allylic oxidation sites excluding steroid dienone is 2. The van der Waals surface area contributed by atoms with Crippen molar-refractivity contribution in [2.45, 2.75) is 225 Å². The van der Waals surface area contributed by atoms with Gasteiger partial charge in [-0.1, -0.05) is 186 Å². The molecule has 3 heteroatoms. The summed E-state index contributed by atoms with van der Waals surface area (Å²) in [5, 5.41) is 0. The van der Waals surface area contributed by atoms with Crippen LogP contribution in [-0.4, -0.2) is 4.70 Å². The second-order valence-corrected chi connectivity index (χ2v) is 17.3. The molecule has 1 aliphatic heterocycles. The van der Waals surface area contributed by atoms with Gasteiger partial charge in [-0.25, -0.2) is 4.70 Å². The Morgan fingerprint density at radius 1 is 0.500 bits per heavy atom. The minimum atomic E-state index is 0.920. The second-order valence-electron chi connectivity index (χ2n) is 16.3. The van der Waals surface area contributed by atoms with Crippen molar-refractivity contribution < 1.29 is 19.1 Å². The third-order valence-corrected chi connectivity index (χ3v) is 11.2. The van der Waals surface area contributed by atoms with E-state index < -0.39 is 0 Å². The number of rotatable bonds is 31. The molecule has 0 fully saturated rings. The van der Waals surface area contributed by atoms with E-state index in [0.29, 0.717) is 0 Å². The summed E-state index contributed by atoms with van der Waals surface area (Å²) in [5.41, 5.74) is 19.9. The van der Waals surface area contributed by atoms with Crippen LogP contribution in [0.3, 0.4) is 0 Å². The normalized spacial score (nSPS) is 12.4. The fourth-order valence-corrected chi connectivity index (χ4v) is 7.86. The molecule has 0 unspecified atom stereocenters. The van der Waals surface area contributed by atoms with Crippen LogP contribution in [0, 0.1) is 11.8 Å². The minimum absolute atomic E-state index is 0.920. The Morgan fingerprint density at radius 2 is 0.946 bits per heavy atom. The number of hydrogen-bond acceptors (Lipinski definition) is 0. The summed E-state index contributed by atoms with van der Waals surface area (Å²) in [7, 11) is 0. The SMILES string of the molecule is CCCCCCCCCCCCCCCCC#CCCCc1ccccc1C1=CC(CCCCCCCC)=C(c2ccc(CCCCCC)cc2)[N+]1=[N-].[CH3][Ni][CH3]. The van der Waals surface area contributed by atoms with Crippen molar-refractivity contribution in [3.8, 4) is 11.8 Å². The molecule has 2 aromatic rings. The van der Waals surface area contributed by atoms with Gasteiger partial charge in [-0.3, -0.25) is 0 Å². The van der Waals surface area contributed by atoms with E-state index in [2.05, 4.69) is 99.0 Å². The predicted octanol–water partition coefficient (Wildman–Crippen LogP) is 17.7. The average Bonchev–Trinajstić information content (AvgIpc) is 3.54. The molecule has 2 aromatic carbocycles. The van der Waals surface area contributed by atoms with Crippen LogP contribution in [0.2, 0.25) is 11.8 Å². The maximum absolute atomic E-state index is 11.8. The van der Waals surface area contributed by atoms with Gasteiger partial charge in [0.2, 0.25) is 11.4 Å². The topological polar surface area (TPSA) is 25.3 Å². The third-order valence-electron chi connectivity index (χ3n) is 11.2. The predicted molar refractivity (Wildman–Crippen MR) is 245 cm³/mol.